The molecule has 3 heteroatoms. The third-order valence-corrected chi connectivity index (χ3v) is 3.99. The highest BCUT2D eigenvalue weighted by molar-refractivity contribution is 5.06. The van der Waals surface area contributed by atoms with E-state index in [4.69, 9.17) is 4.42 Å². The van der Waals surface area contributed by atoms with E-state index in [0.717, 1.165) is 31.2 Å². The van der Waals surface area contributed by atoms with E-state index < -0.39 is 0 Å². The zero-order valence-corrected chi connectivity index (χ0v) is 12.1. The summed E-state index contributed by atoms with van der Waals surface area (Å²) in [7, 11) is 0. The molecule has 0 amide bonds. The first kappa shape index (κ1) is 13.6. The SMILES string of the molecule is CCC1CNC(C(C)C)CN1Cc1ccc(C)o1. The van der Waals surface area contributed by atoms with Crippen molar-refractivity contribution in [3.05, 3.63) is 23.7 Å². The molecule has 18 heavy (non-hydrogen) atoms. The Morgan fingerprint density at radius 3 is 2.78 bits per heavy atom. The summed E-state index contributed by atoms with van der Waals surface area (Å²) in [4.78, 5) is 2.57. The first-order chi connectivity index (χ1) is 8.60. The summed E-state index contributed by atoms with van der Waals surface area (Å²) in [5.74, 6) is 2.78. The lowest BCUT2D eigenvalue weighted by Crippen LogP contribution is -2.57. The molecule has 1 N–H and O–H groups in total. The van der Waals surface area contributed by atoms with Gasteiger partial charge in [0.2, 0.25) is 0 Å². The number of aryl methyl sites for hydroxylation is 1. The second kappa shape index (κ2) is 5.89. The first-order valence-electron chi connectivity index (χ1n) is 7.13. The lowest BCUT2D eigenvalue weighted by atomic mass is 9.98. The van der Waals surface area contributed by atoms with E-state index in [1.54, 1.807) is 0 Å². The largest absolute Gasteiger partial charge is 0.465 e. The van der Waals surface area contributed by atoms with Crippen molar-refractivity contribution in [3.63, 3.8) is 0 Å². The summed E-state index contributed by atoms with van der Waals surface area (Å²) in [5.41, 5.74) is 0. The summed E-state index contributed by atoms with van der Waals surface area (Å²) in [5, 5.41) is 3.67. The van der Waals surface area contributed by atoms with Gasteiger partial charge in [0.25, 0.3) is 0 Å². The average molecular weight is 250 g/mol. The maximum atomic E-state index is 5.71. The van der Waals surface area contributed by atoms with Crippen molar-refractivity contribution in [2.75, 3.05) is 13.1 Å². The van der Waals surface area contributed by atoms with Crippen molar-refractivity contribution in [3.8, 4) is 0 Å². The van der Waals surface area contributed by atoms with Crippen LogP contribution in [0.25, 0.3) is 0 Å². The summed E-state index contributed by atoms with van der Waals surface area (Å²) in [6.07, 6.45) is 1.19. The average Bonchev–Trinajstić information content (AvgIpc) is 2.74. The van der Waals surface area contributed by atoms with Gasteiger partial charge in [0, 0.05) is 25.2 Å². The van der Waals surface area contributed by atoms with Gasteiger partial charge in [-0.25, -0.2) is 0 Å². The Labute approximate surface area is 111 Å². The van der Waals surface area contributed by atoms with E-state index in [1.165, 1.54) is 6.42 Å². The van der Waals surface area contributed by atoms with Crippen LogP contribution in [0.2, 0.25) is 0 Å². The number of hydrogen-bond acceptors (Lipinski definition) is 3. The fourth-order valence-corrected chi connectivity index (χ4v) is 2.70. The van der Waals surface area contributed by atoms with E-state index in [9.17, 15) is 0 Å². The number of nitrogens with zero attached hydrogens (tertiary/aromatic N) is 1. The van der Waals surface area contributed by atoms with Gasteiger partial charge in [0.15, 0.2) is 0 Å². The summed E-state index contributed by atoms with van der Waals surface area (Å²) < 4.78 is 5.71. The van der Waals surface area contributed by atoms with Crippen LogP contribution >= 0.6 is 0 Å². The van der Waals surface area contributed by atoms with E-state index >= 15 is 0 Å². The number of piperazine rings is 1. The zero-order valence-electron chi connectivity index (χ0n) is 12.1. The Bertz CT molecular complexity index is 372. The van der Waals surface area contributed by atoms with Gasteiger partial charge in [-0.15, -0.1) is 0 Å². The minimum atomic E-state index is 0.601. The molecule has 3 nitrogen and oxygen atoms in total. The molecule has 1 aliphatic heterocycles. The number of nitrogens with one attached hydrogen (secondary N) is 1. The van der Waals surface area contributed by atoms with Crippen molar-refractivity contribution in [1.82, 2.24) is 10.2 Å². The molecule has 1 fully saturated rings. The third kappa shape index (κ3) is 3.15. The van der Waals surface area contributed by atoms with E-state index in [0.29, 0.717) is 18.0 Å². The quantitative estimate of drug-likeness (QED) is 0.890. The van der Waals surface area contributed by atoms with Gasteiger partial charge in [-0.1, -0.05) is 20.8 Å². The Kier molecular flexibility index (Phi) is 4.46. The van der Waals surface area contributed by atoms with Crippen LogP contribution in [0.15, 0.2) is 16.5 Å². The molecule has 2 heterocycles. The van der Waals surface area contributed by atoms with Gasteiger partial charge in [-0.2, -0.15) is 0 Å². The molecule has 1 aliphatic rings. The lowest BCUT2D eigenvalue weighted by molar-refractivity contribution is 0.0956. The second-order valence-electron chi connectivity index (χ2n) is 5.76. The summed E-state index contributed by atoms with van der Waals surface area (Å²) >= 11 is 0. The maximum absolute atomic E-state index is 5.71. The molecule has 1 aromatic heterocycles. The Hall–Kier alpha value is -0.800. The molecule has 0 aromatic carbocycles. The highest BCUT2D eigenvalue weighted by atomic mass is 16.3. The van der Waals surface area contributed by atoms with Crippen LogP contribution in [0.1, 0.15) is 38.7 Å². The van der Waals surface area contributed by atoms with Crippen molar-refractivity contribution in [2.45, 2.75) is 52.7 Å². The van der Waals surface area contributed by atoms with Gasteiger partial charge in [-0.05, 0) is 31.4 Å². The van der Waals surface area contributed by atoms with Gasteiger partial charge >= 0.3 is 0 Å². The van der Waals surface area contributed by atoms with Crippen LogP contribution in [0, 0.1) is 12.8 Å². The molecular formula is C15H26N2O. The van der Waals surface area contributed by atoms with Crippen LogP contribution in [0.3, 0.4) is 0 Å². The highest BCUT2D eigenvalue weighted by Crippen LogP contribution is 2.19. The standard InChI is InChI=1S/C15H26N2O/c1-5-13-8-16-15(11(2)3)10-17(13)9-14-7-6-12(4)18-14/h6-7,11,13,15-16H,5,8-10H2,1-4H3. The lowest BCUT2D eigenvalue weighted by Gasteiger charge is -2.41. The number of hydrogen-bond donors (Lipinski definition) is 1. The third-order valence-electron chi connectivity index (χ3n) is 3.99. The smallest absolute Gasteiger partial charge is 0.118 e. The molecular weight excluding hydrogens is 224 g/mol. The second-order valence-corrected chi connectivity index (χ2v) is 5.76. The molecule has 2 rings (SSSR count). The van der Waals surface area contributed by atoms with E-state index in [1.807, 2.05) is 6.92 Å². The van der Waals surface area contributed by atoms with Crippen LogP contribution < -0.4 is 5.32 Å². The van der Waals surface area contributed by atoms with Crippen LogP contribution in [0.4, 0.5) is 0 Å². The predicted molar refractivity (Wildman–Crippen MR) is 74.6 cm³/mol. The van der Waals surface area contributed by atoms with Gasteiger partial charge in [-0.3, -0.25) is 4.90 Å². The van der Waals surface area contributed by atoms with Crippen molar-refractivity contribution in [1.29, 1.82) is 0 Å². The van der Waals surface area contributed by atoms with Crippen LogP contribution in [0.5, 0.6) is 0 Å². The molecule has 1 aromatic rings. The molecule has 0 radical (unpaired) electrons. The Morgan fingerprint density at radius 1 is 1.44 bits per heavy atom. The normalized spacial score (nSPS) is 25.8. The summed E-state index contributed by atoms with van der Waals surface area (Å²) in [6.45, 7) is 12.0. The van der Waals surface area contributed by atoms with Crippen LogP contribution in [-0.2, 0) is 6.54 Å². The summed E-state index contributed by atoms with van der Waals surface area (Å²) in [6, 6.07) is 5.39. The molecule has 2 atom stereocenters. The molecule has 0 spiro atoms. The molecule has 2 unspecified atom stereocenters. The molecule has 0 bridgehead atoms. The maximum Gasteiger partial charge on any atom is 0.118 e. The fourth-order valence-electron chi connectivity index (χ4n) is 2.70. The minimum absolute atomic E-state index is 0.601. The monoisotopic (exact) mass is 250 g/mol. The Morgan fingerprint density at radius 2 is 2.22 bits per heavy atom. The number of rotatable bonds is 4. The van der Waals surface area contributed by atoms with E-state index in [2.05, 4.69) is 43.1 Å². The highest BCUT2D eigenvalue weighted by Gasteiger charge is 2.28. The zero-order chi connectivity index (χ0) is 13.1. The first-order valence-corrected chi connectivity index (χ1v) is 7.13. The number of furan rings is 1. The van der Waals surface area contributed by atoms with Gasteiger partial charge < -0.3 is 9.73 Å². The van der Waals surface area contributed by atoms with Gasteiger partial charge in [0.1, 0.15) is 11.5 Å². The molecule has 0 saturated carbocycles. The molecule has 0 aliphatic carbocycles. The van der Waals surface area contributed by atoms with Crippen molar-refractivity contribution in [2.24, 2.45) is 5.92 Å². The van der Waals surface area contributed by atoms with Crippen LogP contribution in [-0.4, -0.2) is 30.1 Å². The Balaban J connectivity index is 2.02. The van der Waals surface area contributed by atoms with Gasteiger partial charge in [0.05, 0.1) is 6.54 Å². The van der Waals surface area contributed by atoms with Crippen molar-refractivity contribution < 1.29 is 4.42 Å². The van der Waals surface area contributed by atoms with Crippen molar-refractivity contribution >= 4 is 0 Å². The molecule has 1 saturated heterocycles. The topological polar surface area (TPSA) is 28.4 Å². The molecule has 102 valence electrons. The predicted octanol–water partition coefficient (Wildman–Crippen LogP) is 2.80. The minimum Gasteiger partial charge on any atom is -0.465 e. The van der Waals surface area contributed by atoms with E-state index in [-0.39, 0.29) is 0 Å². The fraction of sp³-hybridized carbons (Fsp3) is 0.733.